The van der Waals surface area contributed by atoms with Gasteiger partial charge < -0.3 is 15.6 Å². The van der Waals surface area contributed by atoms with Crippen molar-refractivity contribution in [3.8, 4) is 11.1 Å². The third kappa shape index (κ3) is 3.02. The molecule has 5 nitrogen and oxygen atoms in total. The van der Waals surface area contributed by atoms with Crippen LogP contribution in [0.2, 0.25) is 5.15 Å². The van der Waals surface area contributed by atoms with E-state index in [4.69, 9.17) is 11.6 Å². The first-order chi connectivity index (χ1) is 11.3. The number of halogens is 1. The second kappa shape index (κ2) is 6.18. The summed E-state index contributed by atoms with van der Waals surface area (Å²) in [5, 5.41) is 8.37. The van der Waals surface area contributed by atoms with Crippen LogP contribution < -0.4 is 10.6 Å². The van der Waals surface area contributed by atoms with E-state index >= 15 is 0 Å². The highest BCUT2D eigenvalue weighted by atomic mass is 35.5. The number of hydrogen-bond acceptors (Lipinski definition) is 4. The lowest BCUT2D eigenvalue weighted by Gasteiger charge is -2.12. The van der Waals surface area contributed by atoms with Gasteiger partial charge in [-0.1, -0.05) is 11.6 Å². The molecule has 0 aliphatic carbocycles. The Bertz CT molecular complexity index is 823. The van der Waals surface area contributed by atoms with E-state index in [2.05, 4.69) is 31.7 Å². The van der Waals surface area contributed by atoms with Crippen molar-refractivity contribution in [3.05, 3.63) is 41.8 Å². The van der Waals surface area contributed by atoms with Gasteiger partial charge in [-0.05, 0) is 55.3 Å². The average molecular weight is 328 g/mol. The Morgan fingerprint density at radius 1 is 1.35 bits per heavy atom. The summed E-state index contributed by atoms with van der Waals surface area (Å²) in [5.74, 6) is 1.47. The standard InChI is InChI=1S/C17H18ClN5/c18-15-6-12(14-10-22-17-13(14)2-1-4-20-17)7-16(23-15)21-9-11-3-5-19-8-11/h1-2,4,6-7,10-11,19H,3,5,8-9H2,(H,20,22)(H,21,23). The van der Waals surface area contributed by atoms with Crippen LogP contribution in [-0.4, -0.2) is 34.6 Å². The van der Waals surface area contributed by atoms with Gasteiger partial charge in [0, 0.05) is 29.9 Å². The molecule has 1 atom stereocenters. The molecular formula is C17H18ClN5. The highest BCUT2D eigenvalue weighted by Gasteiger charge is 2.15. The van der Waals surface area contributed by atoms with Gasteiger partial charge in [0.15, 0.2) is 0 Å². The number of nitrogens with one attached hydrogen (secondary N) is 3. The molecule has 0 aromatic carbocycles. The Hall–Kier alpha value is -2.11. The van der Waals surface area contributed by atoms with E-state index in [0.29, 0.717) is 11.1 Å². The summed E-state index contributed by atoms with van der Waals surface area (Å²) in [4.78, 5) is 11.9. The van der Waals surface area contributed by atoms with E-state index in [1.807, 2.05) is 24.4 Å². The Labute approximate surface area is 139 Å². The zero-order valence-corrected chi connectivity index (χ0v) is 13.4. The van der Waals surface area contributed by atoms with E-state index in [1.165, 1.54) is 6.42 Å². The minimum Gasteiger partial charge on any atom is -0.370 e. The second-order valence-corrected chi connectivity index (χ2v) is 6.29. The molecule has 0 amide bonds. The SMILES string of the molecule is Clc1cc(-c2c[nH]c3ncccc23)cc(NCC2CCNC2)n1. The number of aromatic nitrogens is 3. The fourth-order valence-electron chi connectivity index (χ4n) is 3.08. The van der Waals surface area contributed by atoms with Gasteiger partial charge in [-0.25, -0.2) is 9.97 Å². The molecule has 4 heterocycles. The summed E-state index contributed by atoms with van der Waals surface area (Å²) in [5.41, 5.74) is 3.00. The van der Waals surface area contributed by atoms with Gasteiger partial charge >= 0.3 is 0 Å². The molecule has 4 rings (SSSR count). The second-order valence-electron chi connectivity index (χ2n) is 5.91. The van der Waals surface area contributed by atoms with Crippen molar-refractivity contribution in [2.45, 2.75) is 6.42 Å². The molecule has 3 aromatic heterocycles. The smallest absolute Gasteiger partial charge is 0.137 e. The minimum atomic E-state index is 0.493. The van der Waals surface area contributed by atoms with Crippen LogP contribution in [0, 0.1) is 5.92 Å². The highest BCUT2D eigenvalue weighted by Crippen LogP contribution is 2.30. The van der Waals surface area contributed by atoms with Gasteiger partial charge in [0.25, 0.3) is 0 Å². The summed E-state index contributed by atoms with van der Waals surface area (Å²) in [7, 11) is 0. The Morgan fingerprint density at radius 3 is 3.17 bits per heavy atom. The van der Waals surface area contributed by atoms with Crippen LogP contribution >= 0.6 is 11.6 Å². The third-order valence-corrected chi connectivity index (χ3v) is 4.48. The molecule has 23 heavy (non-hydrogen) atoms. The molecule has 118 valence electrons. The Kier molecular flexibility index (Phi) is 3.89. The fraction of sp³-hybridized carbons (Fsp3) is 0.294. The van der Waals surface area contributed by atoms with Crippen LogP contribution in [0.5, 0.6) is 0 Å². The van der Waals surface area contributed by atoms with Crippen LogP contribution in [0.4, 0.5) is 5.82 Å². The number of anilines is 1. The normalized spacial score (nSPS) is 17.7. The van der Waals surface area contributed by atoms with Crippen molar-refractivity contribution in [2.75, 3.05) is 25.0 Å². The molecular weight excluding hydrogens is 310 g/mol. The number of pyridine rings is 2. The number of hydrogen-bond donors (Lipinski definition) is 3. The predicted molar refractivity (Wildman–Crippen MR) is 93.8 cm³/mol. The van der Waals surface area contributed by atoms with Crippen molar-refractivity contribution in [1.29, 1.82) is 0 Å². The molecule has 0 bridgehead atoms. The number of fused-ring (bicyclic) bond motifs is 1. The highest BCUT2D eigenvalue weighted by molar-refractivity contribution is 6.29. The summed E-state index contributed by atoms with van der Waals surface area (Å²) in [6, 6.07) is 7.93. The van der Waals surface area contributed by atoms with Gasteiger partial charge in [-0.3, -0.25) is 0 Å². The van der Waals surface area contributed by atoms with Gasteiger partial charge in [0.1, 0.15) is 16.6 Å². The quantitative estimate of drug-likeness (QED) is 0.643. The average Bonchev–Trinajstić information content (AvgIpc) is 3.22. The molecule has 0 spiro atoms. The van der Waals surface area contributed by atoms with Crippen LogP contribution in [0.15, 0.2) is 36.7 Å². The van der Waals surface area contributed by atoms with E-state index in [9.17, 15) is 0 Å². The molecule has 3 aromatic rings. The van der Waals surface area contributed by atoms with Crippen LogP contribution in [0.1, 0.15) is 6.42 Å². The van der Waals surface area contributed by atoms with E-state index in [-0.39, 0.29) is 0 Å². The van der Waals surface area contributed by atoms with Crippen molar-refractivity contribution < 1.29 is 0 Å². The summed E-state index contributed by atoms with van der Waals surface area (Å²) < 4.78 is 0. The van der Waals surface area contributed by atoms with Crippen LogP contribution in [0.3, 0.4) is 0 Å². The minimum absolute atomic E-state index is 0.493. The molecule has 1 aliphatic heterocycles. The molecule has 1 saturated heterocycles. The van der Waals surface area contributed by atoms with Gasteiger partial charge in [0.05, 0.1) is 0 Å². The Morgan fingerprint density at radius 2 is 2.30 bits per heavy atom. The summed E-state index contributed by atoms with van der Waals surface area (Å²) >= 11 is 6.22. The first kappa shape index (κ1) is 14.5. The lowest BCUT2D eigenvalue weighted by Crippen LogP contribution is -2.17. The maximum Gasteiger partial charge on any atom is 0.137 e. The molecule has 3 N–H and O–H groups in total. The van der Waals surface area contributed by atoms with E-state index in [1.54, 1.807) is 6.20 Å². The summed E-state index contributed by atoms with van der Waals surface area (Å²) in [6.07, 6.45) is 4.95. The monoisotopic (exact) mass is 327 g/mol. The number of nitrogens with zero attached hydrogens (tertiary/aromatic N) is 2. The van der Waals surface area contributed by atoms with Gasteiger partial charge in [-0.2, -0.15) is 0 Å². The van der Waals surface area contributed by atoms with Gasteiger partial charge in [0.2, 0.25) is 0 Å². The number of H-pyrrole nitrogens is 1. The summed E-state index contributed by atoms with van der Waals surface area (Å²) in [6.45, 7) is 3.08. The first-order valence-corrected chi connectivity index (χ1v) is 8.22. The molecule has 0 saturated carbocycles. The number of aromatic amines is 1. The maximum absolute atomic E-state index is 6.22. The fourth-order valence-corrected chi connectivity index (χ4v) is 3.28. The molecule has 1 aliphatic rings. The predicted octanol–water partition coefficient (Wildman–Crippen LogP) is 3.30. The van der Waals surface area contributed by atoms with E-state index < -0.39 is 0 Å². The van der Waals surface area contributed by atoms with Crippen molar-refractivity contribution in [3.63, 3.8) is 0 Å². The maximum atomic E-state index is 6.22. The van der Waals surface area contributed by atoms with Crippen LogP contribution in [-0.2, 0) is 0 Å². The zero-order valence-electron chi connectivity index (χ0n) is 12.6. The third-order valence-electron chi connectivity index (χ3n) is 4.29. The lowest BCUT2D eigenvalue weighted by atomic mass is 10.1. The van der Waals surface area contributed by atoms with Crippen molar-refractivity contribution in [1.82, 2.24) is 20.3 Å². The lowest BCUT2D eigenvalue weighted by molar-refractivity contribution is 0.614. The van der Waals surface area contributed by atoms with Crippen molar-refractivity contribution in [2.24, 2.45) is 5.92 Å². The molecule has 1 fully saturated rings. The van der Waals surface area contributed by atoms with Gasteiger partial charge in [-0.15, -0.1) is 0 Å². The molecule has 6 heteroatoms. The van der Waals surface area contributed by atoms with Crippen LogP contribution in [0.25, 0.3) is 22.2 Å². The van der Waals surface area contributed by atoms with E-state index in [0.717, 1.165) is 47.6 Å². The first-order valence-electron chi connectivity index (χ1n) is 7.84. The topological polar surface area (TPSA) is 65.6 Å². The Balaban J connectivity index is 1.63. The number of rotatable bonds is 4. The largest absolute Gasteiger partial charge is 0.370 e. The molecule has 1 unspecified atom stereocenters. The molecule has 0 radical (unpaired) electrons. The zero-order chi connectivity index (χ0) is 15.6. The van der Waals surface area contributed by atoms with Crippen molar-refractivity contribution >= 4 is 28.5 Å².